The molecule has 0 aliphatic carbocycles. The Morgan fingerprint density at radius 1 is 0.286 bits per heavy atom. The first kappa shape index (κ1) is 71.7. The van der Waals surface area contributed by atoms with Crippen LogP contribution in [0.5, 0.6) is 0 Å². The normalized spacial score (nSPS) is 12.4. The van der Waals surface area contributed by atoms with E-state index in [0.717, 1.165) is 173 Å². The Bertz CT molecular complexity index is 7270. The van der Waals surface area contributed by atoms with Crippen molar-refractivity contribution in [3.8, 4) is 106 Å². The smallest absolute Gasteiger partial charge is 0.252 e. The number of anilines is 6. The van der Waals surface area contributed by atoms with Crippen LogP contribution in [0.2, 0.25) is 0 Å². The number of aromatic nitrogens is 2. The number of fused-ring (bicyclic) bond motifs is 10. The van der Waals surface area contributed by atoms with Crippen molar-refractivity contribution in [2.45, 2.75) is 52.4 Å². The van der Waals surface area contributed by atoms with Gasteiger partial charge in [-0.25, -0.2) is 4.85 Å². The van der Waals surface area contributed by atoms with Crippen LogP contribution in [0.3, 0.4) is 0 Å². The van der Waals surface area contributed by atoms with Gasteiger partial charge in [0.2, 0.25) is 0 Å². The van der Waals surface area contributed by atoms with Crippen LogP contribution in [-0.4, -0.2) is 15.8 Å². The van der Waals surface area contributed by atoms with Crippen LogP contribution in [-0.2, 0) is 10.8 Å². The van der Waals surface area contributed by atoms with Gasteiger partial charge in [-0.15, -0.1) is 0 Å². The predicted molar refractivity (Wildman–Crippen MR) is 501 cm³/mol. The van der Waals surface area contributed by atoms with Crippen LogP contribution in [0.4, 0.5) is 39.8 Å². The number of hydrogen-bond donors (Lipinski definition) is 0. The summed E-state index contributed by atoms with van der Waals surface area (Å²) in [5.74, 6) is 0. The average Bonchev–Trinajstić information content (AvgIpc) is 0.743. The van der Waals surface area contributed by atoms with E-state index < -0.39 is 0 Å². The van der Waals surface area contributed by atoms with Gasteiger partial charge in [0.05, 0.1) is 51.6 Å². The molecule has 6 nitrogen and oxygen atoms in total. The molecular weight excluding hydrogens is 1440 g/mol. The van der Waals surface area contributed by atoms with E-state index in [-0.39, 0.29) is 17.5 Å². The average molecular weight is 1520 g/mol. The Hall–Kier alpha value is -15.0. The molecule has 0 amide bonds. The Kier molecular flexibility index (Phi) is 17.2. The molecule has 17 aromatic carbocycles. The molecule has 0 spiro atoms. The number of para-hydroxylation sites is 4. The minimum atomic E-state index is -0.379. The lowest BCUT2D eigenvalue weighted by atomic mass is 9.33. The highest BCUT2D eigenvalue weighted by molar-refractivity contribution is 7.00. The maximum absolute atomic E-state index is 10.8. The zero-order valence-corrected chi connectivity index (χ0v) is 67.1. The quantitative estimate of drug-likeness (QED) is 0.0904. The zero-order valence-electron chi connectivity index (χ0n) is 67.1. The fraction of sp³-hybridized carbons (Fsp3) is 0.0714. The van der Waals surface area contributed by atoms with Gasteiger partial charge in [-0.2, -0.15) is 5.26 Å². The number of nitriles is 1. The van der Waals surface area contributed by atoms with Crippen molar-refractivity contribution in [3.63, 3.8) is 0 Å². The summed E-state index contributed by atoms with van der Waals surface area (Å²) >= 11 is 0. The van der Waals surface area contributed by atoms with E-state index in [1.807, 2.05) is 36.4 Å². The zero-order chi connectivity index (χ0) is 80.4. The van der Waals surface area contributed by atoms with Crippen LogP contribution in [0.15, 0.2) is 382 Å². The van der Waals surface area contributed by atoms with Crippen molar-refractivity contribution in [1.82, 2.24) is 9.13 Å². The molecule has 21 rings (SSSR count). The van der Waals surface area contributed by atoms with E-state index in [0.29, 0.717) is 11.3 Å². The first-order chi connectivity index (χ1) is 58.2. The number of hydrogen-bond acceptors (Lipinski definition) is 3. The molecular formula is C112H81BN6. The van der Waals surface area contributed by atoms with Crippen LogP contribution in [0.25, 0.3) is 149 Å². The monoisotopic (exact) mass is 1520 g/mol. The van der Waals surface area contributed by atoms with Crippen molar-refractivity contribution >= 4 is 107 Å². The van der Waals surface area contributed by atoms with Gasteiger partial charge >= 0.3 is 0 Å². The highest BCUT2D eigenvalue weighted by Gasteiger charge is 2.46. The molecule has 0 bridgehead atoms. The Morgan fingerprint density at radius 2 is 0.639 bits per heavy atom. The van der Waals surface area contributed by atoms with E-state index in [1.165, 1.54) is 32.7 Å². The molecule has 119 heavy (non-hydrogen) atoms. The largest absolute Gasteiger partial charge is 0.310 e. The minimum Gasteiger partial charge on any atom is -0.310 e. The summed E-state index contributed by atoms with van der Waals surface area (Å²) in [6.07, 6.45) is 0. The SMILES string of the molecule is [C-]#[N+]c1cccc(-c2cc(-c3ccccc3)c(N3c4cc(-n5c6ccccc6c6ccccc65)ccc4B4c5ccc(-n6c7ccccc7c7ccccc76)cc5N(c5c(-c6ccccc6)cc(-c6cccc(C#N)c6)cc5-c5cc(C(C)(C)C)cc(C(C)(C)C)c5)c5cc(-c6ccccc6)cc3c54)c(-c3cccc(-c4ccccc4)c3)c2)c1. The third kappa shape index (κ3) is 12.2. The molecule has 0 saturated heterocycles. The Morgan fingerprint density at radius 3 is 1.08 bits per heavy atom. The van der Waals surface area contributed by atoms with Crippen molar-refractivity contribution < 1.29 is 0 Å². The van der Waals surface area contributed by atoms with Gasteiger partial charge in [-0.1, -0.05) is 315 Å². The van der Waals surface area contributed by atoms with E-state index in [4.69, 9.17) is 6.57 Å². The first-order valence-corrected chi connectivity index (χ1v) is 41.1. The fourth-order valence-electron chi connectivity index (χ4n) is 18.8. The first-order valence-electron chi connectivity index (χ1n) is 41.1. The standard InChI is InChI=1S/C112H81BN6/c1-111(2,3)85-59-84(60-86(68-85)112(4,5)6)97-65-81(77-40-28-31-72(57-77)71-114)62-95(76-38-18-11-19-39-76)110(97)119-105-70-89(117-102-51-26-22-47-92(102)93-48-23-27-52-103(93)117)54-56-99(105)113-98-55-53-88(116-100-49-24-20-45-90(100)91-46-21-25-50-101(91)116)69-104(98)118(106-66-83(67-107(119)108(106)113)74-34-14-9-15-35-74)109-94(75-36-16-10-17-37-75)63-82(79-42-30-44-87(61-79)115-7)64-96(109)80-43-29-41-78(58-80)73-32-12-8-13-33-73/h8-70H,1-6H3. The number of rotatable bonds is 12. The van der Waals surface area contributed by atoms with Crippen LogP contribution >= 0.6 is 0 Å². The lowest BCUT2D eigenvalue weighted by Crippen LogP contribution is -2.61. The molecule has 0 N–H and O–H groups in total. The van der Waals surface area contributed by atoms with Crippen LogP contribution in [0, 0.1) is 17.9 Å². The van der Waals surface area contributed by atoms with Crippen molar-refractivity contribution in [2.24, 2.45) is 0 Å². The molecule has 2 aromatic heterocycles. The summed E-state index contributed by atoms with van der Waals surface area (Å²) in [4.78, 5) is 9.40. The second kappa shape index (κ2) is 28.5. The lowest BCUT2D eigenvalue weighted by Gasteiger charge is -2.46. The summed E-state index contributed by atoms with van der Waals surface area (Å²) in [5, 5.41) is 15.5. The van der Waals surface area contributed by atoms with Crippen molar-refractivity contribution in [2.75, 3.05) is 9.80 Å². The van der Waals surface area contributed by atoms with E-state index in [2.05, 4.69) is 417 Å². The number of benzene rings is 17. The molecule has 562 valence electrons. The third-order valence-corrected chi connectivity index (χ3v) is 24.5. The van der Waals surface area contributed by atoms with Gasteiger partial charge in [-0.3, -0.25) is 0 Å². The molecule has 7 heteroatoms. The summed E-state index contributed by atoms with van der Waals surface area (Å²) in [6, 6.07) is 144. The summed E-state index contributed by atoms with van der Waals surface area (Å²) < 4.78 is 4.95. The summed E-state index contributed by atoms with van der Waals surface area (Å²) in [5.41, 5.74) is 35.7. The second-order valence-electron chi connectivity index (χ2n) is 33.8. The molecule has 2 aliphatic heterocycles. The Labute approximate surface area is 695 Å². The predicted octanol–water partition coefficient (Wildman–Crippen LogP) is 28.3. The Balaban J connectivity index is 0.969. The highest BCUT2D eigenvalue weighted by atomic mass is 15.2. The maximum atomic E-state index is 10.8. The van der Waals surface area contributed by atoms with Gasteiger partial charge in [0, 0.05) is 77.9 Å². The van der Waals surface area contributed by atoms with Gasteiger partial charge in [-0.05, 0) is 214 Å². The molecule has 0 fully saturated rings. The van der Waals surface area contributed by atoms with Crippen LogP contribution in [0.1, 0.15) is 58.2 Å². The van der Waals surface area contributed by atoms with Crippen molar-refractivity contribution in [1.29, 1.82) is 5.26 Å². The van der Waals surface area contributed by atoms with Crippen molar-refractivity contribution in [3.05, 3.63) is 410 Å². The number of nitrogens with zero attached hydrogens (tertiary/aromatic N) is 6. The molecule has 4 heterocycles. The minimum absolute atomic E-state index is 0.249. The van der Waals surface area contributed by atoms with Gasteiger partial charge in [0.25, 0.3) is 6.71 Å². The molecule has 19 aromatic rings. The maximum Gasteiger partial charge on any atom is 0.252 e. The lowest BCUT2D eigenvalue weighted by molar-refractivity contribution is 0.569. The van der Waals surface area contributed by atoms with E-state index in [9.17, 15) is 5.26 Å². The molecule has 0 unspecified atom stereocenters. The van der Waals surface area contributed by atoms with Gasteiger partial charge in [0.15, 0.2) is 5.69 Å². The molecule has 0 saturated carbocycles. The third-order valence-electron chi connectivity index (χ3n) is 24.5. The van der Waals surface area contributed by atoms with Gasteiger partial charge < -0.3 is 18.9 Å². The highest BCUT2D eigenvalue weighted by Crippen LogP contribution is 2.57. The topological polar surface area (TPSA) is 44.5 Å². The van der Waals surface area contributed by atoms with Gasteiger partial charge in [0.1, 0.15) is 0 Å². The van der Waals surface area contributed by atoms with E-state index in [1.54, 1.807) is 0 Å². The summed E-state index contributed by atoms with van der Waals surface area (Å²) in [6.45, 7) is 22.0. The molecule has 0 radical (unpaired) electrons. The molecule has 0 atom stereocenters. The van der Waals surface area contributed by atoms with E-state index >= 15 is 0 Å². The summed E-state index contributed by atoms with van der Waals surface area (Å²) in [7, 11) is 0. The fourth-order valence-corrected chi connectivity index (χ4v) is 18.8. The molecule has 2 aliphatic rings. The second-order valence-corrected chi connectivity index (χ2v) is 33.8. The van der Waals surface area contributed by atoms with Crippen LogP contribution < -0.4 is 26.2 Å².